The van der Waals surface area contributed by atoms with E-state index in [4.69, 9.17) is 0 Å². The molecule has 2 heterocycles. The summed E-state index contributed by atoms with van der Waals surface area (Å²) >= 11 is 0. The molecule has 0 aliphatic carbocycles. The van der Waals surface area contributed by atoms with Crippen molar-refractivity contribution in [3.8, 4) is 0 Å². The van der Waals surface area contributed by atoms with E-state index in [0.29, 0.717) is 16.8 Å². The van der Waals surface area contributed by atoms with Crippen LogP contribution in [-0.2, 0) is 4.79 Å². The molecular weight excluding hydrogens is 317 g/mol. The average Bonchev–Trinajstić information content (AvgIpc) is 2.95. The molecule has 0 saturated heterocycles. The van der Waals surface area contributed by atoms with Gasteiger partial charge < -0.3 is 15.5 Å². The molecule has 4 rings (SSSR count). The number of fused-ring (bicyclic) bond motifs is 1. The fraction of sp³-hybridized carbons (Fsp3) is 0.150. The summed E-state index contributed by atoms with van der Waals surface area (Å²) < 4.78 is 13.3. The molecule has 0 saturated carbocycles. The molecule has 4 nitrogen and oxygen atoms in total. The van der Waals surface area contributed by atoms with E-state index in [1.807, 2.05) is 12.1 Å². The number of rotatable bonds is 3. The Balaban J connectivity index is 1.50. The lowest BCUT2D eigenvalue weighted by atomic mass is 10.1. The van der Waals surface area contributed by atoms with Crippen molar-refractivity contribution in [3.05, 3.63) is 72.2 Å². The quantitative estimate of drug-likeness (QED) is 0.658. The number of nitrogens with zero attached hydrogens (tertiary/aromatic N) is 1. The van der Waals surface area contributed by atoms with E-state index in [-0.39, 0.29) is 11.7 Å². The van der Waals surface area contributed by atoms with Gasteiger partial charge in [0, 0.05) is 36.2 Å². The van der Waals surface area contributed by atoms with E-state index in [2.05, 4.69) is 39.8 Å². The van der Waals surface area contributed by atoms with Gasteiger partial charge in [0.2, 0.25) is 0 Å². The minimum Gasteiger partial charge on any atom is -0.367 e. The molecule has 1 amide bonds. The summed E-state index contributed by atoms with van der Waals surface area (Å²) in [6, 6.07) is 12.4. The van der Waals surface area contributed by atoms with Gasteiger partial charge in [0.15, 0.2) is 0 Å². The molecule has 0 radical (unpaired) electrons. The monoisotopic (exact) mass is 335 g/mol. The van der Waals surface area contributed by atoms with Crippen LogP contribution in [0.5, 0.6) is 0 Å². The molecule has 2 aliphatic heterocycles. The Hall–Kier alpha value is -3.08. The van der Waals surface area contributed by atoms with Gasteiger partial charge in [0.25, 0.3) is 5.91 Å². The van der Waals surface area contributed by atoms with Gasteiger partial charge in [-0.15, -0.1) is 0 Å². The van der Waals surface area contributed by atoms with E-state index in [1.165, 1.54) is 17.8 Å². The van der Waals surface area contributed by atoms with E-state index in [0.717, 1.165) is 25.2 Å². The molecule has 2 aliphatic rings. The summed E-state index contributed by atoms with van der Waals surface area (Å²) in [6.45, 7) is 1.96. The lowest BCUT2D eigenvalue weighted by molar-refractivity contribution is -0.110. The summed E-state index contributed by atoms with van der Waals surface area (Å²) in [7, 11) is 0. The van der Waals surface area contributed by atoms with Crippen LogP contribution in [0.1, 0.15) is 12.0 Å². The third-order valence-electron chi connectivity index (χ3n) is 4.44. The van der Waals surface area contributed by atoms with Gasteiger partial charge in [-0.2, -0.15) is 0 Å². The van der Waals surface area contributed by atoms with Crippen LogP contribution in [0.15, 0.2) is 60.8 Å². The third kappa shape index (κ3) is 3.13. The predicted octanol–water partition coefficient (Wildman–Crippen LogP) is 4.00. The van der Waals surface area contributed by atoms with Gasteiger partial charge in [-0.3, -0.25) is 4.79 Å². The molecule has 0 fully saturated rings. The van der Waals surface area contributed by atoms with Crippen molar-refractivity contribution in [2.45, 2.75) is 6.42 Å². The number of hydrogen-bond acceptors (Lipinski definition) is 3. The number of nitrogens with one attached hydrogen (secondary N) is 2. The molecular formula is C20H18FN3O. The molecule has 5 heteroatoms. The van der Waals surface area contributed by atoms with Crippen molar-refractivity contribution in [1.29, 1.82) is 0 Å². The highest BCUT2D eigenvalue weighted by Gasteiger charge is 2.24. The van der Waals surface area contributed by atoms with Crippen LogP contribution in [0.3, 0.4) is 0 Å². The van der Waals surface area contributed by atoms with E-state index in [9.17, 15) is 9.18 Å². The van der Waals surface area contributed by atoms with Crippen molar-refractivity contribution >= 4 is 28.5 Å². The second-order valence-corrected chi connectivity index (χ2v) is 6.10. The normalized spacial score (nSPS) is 17.6. The fourth-order valence-corrected chi connectivity index (χ4v) is 3.11. The lowest BCUT2D eigenvalue weighted by Gasteiger charge is -2.25. The first-order valence-electron chi connectivity index (χ1n) is 8.29. The lowest BCUT2D eigenvalue weighted by Crippen LogP contribution is -2.26. The van der Waals surface area contributed by atoms with Gasteiger partial charge in [-0.05, 0) is 48.9 Å². The molecule has 126 valence electrons. The van der Waals surface area contributed by atoms with Crippen molar-refractivity contribution in [2.75, 3.05) is 28.6 Å². The maximum Gasteiger partial charge on any atom is 0.257 e. The minimum absolute atomic E-state index is 0.232. The SMILES string of the molecule is O=C1Nc2cc(F)ccc2/C1=C\Nc1ccc(N2CC=CCC2)cc1. The number of benzene rings is 2. The second kappa shape index (κ2) is 6.43. The minimum atomic E-state index is -0.364. The second-order valence-electron chi connectivity index (χ2n) is 6.10. The summed E-state index contributed by atoms with van der Waals surface area (Å²) in [4.78, 5) is 14.4. The number of carbonyl (C=O) groups excluding carboxylic acids is 1. The first kappa shape index (κ1) is 15.4. The zero-order valence-corrected chi connectivity index (χ0v) is 13.6. The fourth-order valence-electron chi connectivity index (χ4n) is 3.11. The van der Waals surface area contributed by atoms with Crippen LogP contribution in [0.2, 0.25) is 0 Å². The Labute approximate surface area is 145 Å². The summed E-state index contributed by atoms with van der Waals surface area (Å²) in [5.74, 6) is -0.596. The highest BCUT2D eigenvalue weighted by Crippen LogP contribution is 2.32. The van der Waals surface area contributed by atoms with Gasteiger partial charge in [-0.25, -0.2) is 4.39 Å². The Kier molecular flexibility index (Phi) is 3.98. The average molecular weight is 335 g/mol. The van der Waals surface area contributed by atoms with Gasteiger partial charge in [0.1, 0.15) is 5.82 Å². The Morgan fingerprint density at radius 2 is 1.96 bits per heavy atom. The highest BCUT2D eigenvalue weighted by molar-refractivity contribution is 6.31. The molecule has 0 bridgehead atoms. The van der Waals surface area contributed by atoms with E-state index < -0.39 is 0 Å². The van der Waals surface area contributed by atoms with Crippen LogP contribution in [0.4, 0.5) is 21.5 Å². The number of carbonyl (C=O) groups is 1. The topological polar surface area (TPSA) is 44.4 Å². The van der Waals surface area contributed by atoms with Crippen molar-refractivity contribution < 1.29 is 9.18 Å². The van der Waals surface area contributed by atoms with E-state index >= 15 is 0 Å². The van der Waals surface area contributed by atoms with Crippen LogP contribution >= 0.6 is 0 Å². The third-order valence-corrected chi connectivity index (χ3v) is 4.44. The molecule has 25 heavy (non-hydrogen) atoms. The molecule has 2 aromatic rings. The first-order valence-corrected chi connectivity index (χ1v) is 8.29. The van der Waals surface area contributed by atoms with Crippen LogP contribution in [-0.4, -0.2) is 19.0 Å². The first-order chi connectivity index (χ1) is 12.2. The van der Waals surface area contributed by atoms with Crippen molar-refractivity contribution in [3.63, 3.8) is 0 Å². The van der Waals surface area contributed by atoms with Gasteiger partial charge in [-0.1, -0.05) is 12.2 Å². The van der Waals surface area contributed by atoms with Crippen LogP contribution in [0, 0.1) is 5.82 Å². The molecule has 2 aromatic carbocycles. The summed E-state index contributed by atoms with van der Waals surface area (Å²) in [5, 5.41) is 5.83. The zero-order chi connectivity index (χ0) is 17.2. The molecule has 0 unspecified atom stereocenters. The number of anilines is 3. The standard InChI is InChI=1S/C20H18FN3O/c21-14-4-9-17-18(20(25)23-19(17)12-14)13-22-15-5-7-16(8-6-15)24-10-2-1-3-11-24/h1-2,4-9,12-13,22H,3,10-11H2,(H,23,25)/b18-13+. The molecule has 2 N–H and O–H groups in total. The van der Waals surface area contributed by atoms with E-state index in [1.54, 1.807) is 12.3 Å². The van der Waals surface area contributed by atoms with Crippen molar-refractivity contribution in [1.82, 2.24) is 0 Å². The maximum absolute atomic E-state index is 13.3. The molecule has 0 spiro atoms. The predicted molar refractivity (Wildman–Crippen MR) is 99.0 cm³/mol. The summed E-state index contributed by atoms with van der Waals surface area (Å²) in [5.41, 5.74) is 3.79. The van der Waals surface area contributed by atoms with Crippen molar-refractivity contribution in [2.24, 2.45) is 0 Å². The Morgan fingerprint density at radius 1 is 1.12 bits per heavy atom. The van der Waals surface area contributed by atoms with Gasteiger partial charge in [0.05, 0.1) is 11.3 Å². The highest BCUT2D eigenvalue weighted by atomic mass is 19.1. The number of amides is 1. The molecule has 0 aromatic heterocycles. The smallest absolute Gasteiger partial charge is 0.257 e. The van der Waals surface area contributed by atoms with Gasteiger partial charge >= 0.3 is 0 Å². The van der Waals surface area contributed by atoms with Crippen LogP contribution < -0.4 is 15.5 Å². The summed E-state index contributed by atoms with van der Waals surface area (Å²) in [6.07, 6.45) is 7.12. The largest absolute Gasteiger partial charge is 0.367 e. The maximum atomic E-state index is 13.3. The Bertz CT molecular complexity index is 871. The molecule has 0 atom stereocenters. The zero-order valence-electron chi connectivity index (χ0n) is 13.6. The van der Waals surface area contributed by atoms with Crippen LogP contribution in [0.25, 0.3) is 5.57 Å². The Morgan fingerprint density at radius 3 is 2.72 bits per heavy atom. The number of hydrogen-bond donors (Lipinski definition) is 2. The number of halogens is 1.